The van der Waals surface area contributed by atoms with Crippen molar-refractivity contribution in [3.8, 4) is 0 Å². The standard InChI is InChI=1S/C19H24N4O/c1-12-11-16(17(24)21-14-9-10-14)23-18(20-12)22-15-7-5-13(6-8-15)19(2,3)4/h5-8,11,14H,9-10H2,1-4H3,(H,21,24)(H,20,22,23). The van der Waals surface area contributed by atoms with Gasteiger partial charge in [0, 0.05) is 17.4 Å². The lowest BCUT2D eigenvalue weighted by Crippen LogP contribution is -2.26. The number of carbonyl (C=O) groups is 1. The Kier molecular flexibility index (Phi) is 4.26. The summed E-state index contributed by atoms with van der Waals surface area (Å²) in [5, 5.41) is 6.14. The number of nitrogens with one attached hydrogen (secondary N) is 2. The molecule has 0 aliphatic heterocycles. The number of carbonyl (C=O) groups excluding carboxylic acids is 1. The van der Waals surface area contributed by atoms with Gasteiger partial charge in [0.05, 0.1) is 0 Å². The van der Waals surface area contributed by atoms with Crippen LogP contribution in [0.5, 0.6) is 0 Å². The normalized spacial score (nSPS) is 14.3. The quantitative estimate of drug-likeness (QED) is 0.899. The zero-order chi connectivity index (χ0) is 17.3. The van der Waals surface area contributed by atoms with Crippen molar-refractivity contribution in [3.05, 3.63) is 47.3 Å². The van der Waals surface area contributed by atoms with Gasteiger partial charge in [-0.1, -0.05) is 32.9 Å². The predicted octanol–water partition coefficient (Wildman–Crippen LogP) is 3.72. The summed E-state index contributed by atoms with van der Waals surface area (Å²) in [7, 11) is 0. The topological polar surface area (TPSA) is 66.9 Å². The van der Waals surface area contributed by atoms with Crippen LogP contribution < -0.4 is 10.6 Å². The molecule has 1 aliphatic rings. The highest BCUT2D eigenvalue weighted by Gasteiger charge is 2.24. The zero-order valence-corrected chi connectivity index (χ0v) is 14.7. The Labute approximate surface area is 142 Å². The molecule has 3 rings (SSSR count). The first-order valence-electron chi connectivity index (χ1n) is 8.35. The van der Waals surface area contributed by atoms with Gasteiger partial charge < -0.3 is 10.6 Å². The van der Waals surface area contributed by atoms with Gasteiger partial charge in [0.1, 0.15) is 5.69 Å². The van der Waals surface area contributed by atoms with Crippen LogP contribution in [0.4, 0.5) is 11.6 Å². The van der Waals surface area contributed by atoms with E-state index in [0.29, 0.717) is 17.7 Å². The van der Waals surface area contributed by atoms with Crippen molar-refractivity contribution in [2.45, 2.75) is 52.0 Å². The third-order valence-corrected chi connectivity index (χ3v) is 4.01. The fraction of sp³-hybridized carbons (Fsp3) is 0.421. The van der Waals surface area contributed by atoms with Gasteiger partial charge in [0.15, 0.2) is 0 Å². The van der Waals surface area contributed by atoms with Gasteiger partial charge in [-0.05, 0) is 48.9 Å². The number of aryl methyl sites for hydroxylation is 1. The third kappa shape index (κ3) is 4.10. The van der Waals surface area contributed by atoms with Gasteiger partial charge in [-0.2, -0.15) is 0 Å². The van der Waals surface area contributed by atoms with Crippen molar-refractivity contribution < 1.29 is 4.79 Å². The molecule has 0 saturated heterocycles. The van der Waals surface area contributed by atoms with Gasteiger partial charge in [-0.3, -0.25) is 4.79 Å². The largest absolute Gasteiger partial charge is 0.348 e. The van der Waals surface area contributed by atoms with Crippen molar-refractivity contribution in [2.75, 3.05) is 5.32 Å². The summed E-state index contributed by atoms with van der Waals surface area (Å²) in [5.41, 5.74) is 3.46. The summed E-state index contributed by atoms with van der Waals surface area (Å²) in [6.07, 6.45) is 2.11. The molecule has 1 aromatic heterocycles. The molecule has 0 spiro atoms. The van der Waals surface area contributed by atoms with E-state index in [4.69, 9.17) is 0 Å². The number of benzene rings is 1. The number of hydrogen-bond acceptors (Lipinski definition) is 4. The molecule has 1 amide bonds. The molecule has 1 aromatic carbocycles. The average molecular weight is 324 g/mol. The molecule has 0 unspecified atom stereocenters. The van der Waals surface area contributed by atoms with Crippen LogP contribution in [0.25, 0.3) is 0 Å². The van der Waals surface area contributed by atoms with E-state index < -0.39 is 0 Å². The smallest absolute Gasteiger partial charge is 0.270 e. The number of rotatable bonds is 4. The Balaban J connectivity index is 1.76. The van der Waals surface area contributed by atoms with Gasteiger partial charge in [0.25, 0.3) is 5.91 Å². The van der Waals surface area contributed by atoms with E-state index >= 15 is 0 Å². The molecular formula is C19H24N4O. The summed E-state index contributed by atoms with van der Waals surface area (Å²) in [5.74, 6) is 0.314. The monoisotopic (exact) mass is 324 g/mol. The molecule has 0 atom stereocenters. The SMILES string of the molecule is Cc1cc(C(=O)NC2CC2)nc(Nc2ccc(C(C)(C)C)cc2)n1. The van der Waals surface area contributed by atoms with Crippen LogP contribution in [0.15, 0.2) is 30.3 Å². The van der Waals surface area contributed by atoms with Gasteiger partial charge in [0.2, 0.25) is 5.95 Å². The van der Waals surface area contributed by atoms with E-state index in [9.17, 15) is 4.79 Å². The van der Waals surface area contributed by atoms with E-state index in [1.165, 1.54) is 5.56 Å². The molecule has 5 nitrogen and oxygen atoms in total. The number of nitrogens with zero attached hydrogens (tertiary/aromatic N) is 2. The molecule has 2 N–H and O–H groups in total. The Hall–Kier alpha value is -2.43. The second-order valence-electron chi connectivity index (χ2n) is 7.42. The molecule has 126 valence electrons. The lowest BCUT2D eigenvalue weighted by molar-refractivity contribution is 0.0946. The summed E-state index contributed by atoms with van der Waals surface area (Å²) >= 11 is 0. The average Bonchev–Trinajstić information content (AvgIpc) is 3.30. The number of anilines is 2. The molecule has 0 radical (unpaired) electrons. The maximum absolute atomic E-state index is 12.2. The fourth-order valence-corrected chi connectivity index (χ4v) is 2.41. The minimum atomic E-state index is -0.130. The van der Waals surface area contributed by atoms with Crippen LogP contribution in [-0.2, 0) is 5.41 Å². The molecule has 1 heterocycles. The van der Waals surface area contributed by atoms with Crippen LogP contribution >= 0.6 is 0 Å². The minimum absolute atomic E-state index is 0.117. The van der Waals surface area contributed by atoms with E-state index in [1.807, 2.05) is 19.1 Å². The summed E-state index contributed by atoms with van der Waals surface area (Å²) in [6.45, 7) is 8.42. The molecule has 2 aromatic rings. The summed E-state index contributed by atoms with van der Waals surface area (Å²) < 4.78 is 0. The maximum atomic E-state index is 12.2. The predicted molar refractivity (Wildman–Crippen MR) is 95.7 cm³/mol. The first kappa shape index (κ1) is 16.4. The van der Waals surface area contributed by atoms with Crippen molar-refractivity contribution in [1.29, 1.82) is 0 Å². The Morgan fingerprint density at radius 1 is 1.12 bits per heavy atom. The minimum Gasteiger partial charge on any atom is -0.348 e. The van der Waals surface area contributed by atoms with E-state index in [2.05, 4.69) is 53.5 Å². The van der Waals surface area contributed by atoms with Crippen molar-refractivity contribution >= 4 is 17.5 Å². The zero-order valence-electron chi connectivity index (χ0n) is 14.7. The summed E-state index contributed by atoms with van der Waals surface area (Å²) in [4.78, 5) is 20.9. The summed E-state index contributed by atoms with van der Waals surface area (Å²) in [6, 6.07) is 10.2. The van der Waals surface area contributed by atoms with E-state index in [1.54, 1.807) is 6.07 Å². The van der Waals surface area contributed by atoms with Gasteiger partial charge in [-0.25, -0.2) is 9.97 Å². The number of aromatic nitrogens is 2. The first-order valence-corrected chi connectivity index (χ1v) is 8.35. The molecule has 5 heteroatoms. The van der Waals surface area contributed by atoms with Crippen molar-refractivity contribution in [1.82, 2.24) is 15.3 Å². The highest BCUT2D eigenvalue weighted by Crippen LogP contribution is 2.24. The lowest BCUT2D eigenvalue weighted by atomic mass is 9.87. The van der Waals surface area contributed by atoms with Crippen molar-refractivity contribution in [3.63, 3.8) is 0 Å². The van der Waals surface area contributed by atoms with Crippen LogP contribution in [0.2, 0.25) is 0 Å². The molecule has 1 saturated carbocycles. The highest BCUT2D eigenvalue weighted by molar-refractivity contribution is 5.93. The Bertz CT molecular complexity index is 743. The Morgan fingerprint density at radius 2 is 1.79 bits per heavy atom. The van der Waals surface area contributed by atoms with Gasteiger partial charge >= 0.3 is 0 Å². The number of amides is 1. The van der Waals surface area contributed by atoms with Gasteiger partial charge in [-0.15, -0.1) is 0 Å². The Morgan fingerprint density at radius 3 is 2.38 bits per heavy atom. The second-order valence-corrected chi connectivity index (χ2v) is 7.42. The molecular weight excluding hydrogens is 300 g/mol. The van der Waals surface area contributed by atoms with Crippen LogP contribution in [-0.4, -0.2) is 21.9 Å². The van der Waals surface area contributed by atoms with Crippen molar-refractivity contribution in [2.24, 2.45) is 0 Å². The van der Waals surface area contributed by atoms with Crippen LogP contribution in [0.3, 0.4) is 0 Å². The maximum Gasteiger partial charge on any atom is 0.270 e. The molecule has 1 aliphatic carbocycles. The lowest BCUT2D eigenvalue weighted by Gasteiger charge is -2.19. The second kappa shape index (κ2) is 6.23. The van der Waals surface area contributed by atoms with E-state index in [0.717, 1.165) is 24.2 Å². The molecule has 0 bridgehead atoms. The van der Waals surface area contributed by atoms with Crippen LogP contribution in [0.1, 0.15) is 55.4 Å². The molecule has 24 heavy (non-hydrogen) atoms. The van der Waals surface area contributed by atoms with Crippen LogP contribution in [0, 0.1) is 6.92 Å². The third-order valence-electron chi connectivity index (χ3n) is 4.01. The first-order chi connectivity index (χ1) is 11.3. The highest BCUT2D eigenvalue weighted by atomic mass is 16.2. The van der Waals surface area contributed by atoms with E-state index in [-0.39, 0.29) is 11.3 Å². The molecule has 1 fully saturated rings. The number of hydrogen-bond donors (Lipinski definition) is 2. The fourth-order valence-electron chi connectivity index (χ4n) is 2.41.